The molecule has 0 aliphatic carbocycles. The molecule has 24 heavy (non-hydrogen) atoms. The van der Waals surface area contributed by atoms with Gasteiger partial charge in [0.15, 0.2) is 5.79 Å². The zero-order valence-corrected chi connectivity index (χ0v) is 17.4. The van der Waals surface area contributed by atoms with Crippen LogP contribution in [0.25, 0.3) is 0 Å². The molecular formula is C19H36O4Si. The summed E-state index contributed by atoms with van der Waals surface area (Å²) in [4.78, 5) is 0. The van der Waals surface area contributed by atoms with E-state index in [2.05, 4.69) is 47.0 Å². The lowest BCUT2D eigenvalue weighted by Crippen LogP contribution is -2.53. The SMILES string of the molecule is C=CC(O)C[C@@H]1OC(C)(C)O[C@@H]1[C@H](C(O)C=C)[Si](C)(C)C(C)(C)C. The third-order valence-corrected chi connectivity index (χ3v) is 11.9. The molecular weight excluding hydrogens is 320 g/mol. The molecule has 0 aromatic rings. The Morgan fingerprint density at radius 3 is 2.08 bits per heavy atom. The first kappa shape index (κ1) is 21.6. The Hall–Kier alpha value is -0.463. The second-order valence-electron chi connectivity index (χ2n) is 8.90. The van der Waals surface area contributed by atoms with Crippen molar-refractivity contribution in [2.75, 3.05) is 0 Å². The minimum absolute atomic E-state index is 0.0688. The quantitative estimate of drug-likeness (QED) is 0.537. The van der Waals surface area contributed by atoms with Gasteiger partial charge in [-0.3, -0.25) is 0 Å². The van der Waals surface area contributed by atoms with Crippen LogP contribution in [0, 0.1) is 0 Å². The molecule has 140 valence electrons. The number of rotatable bonds is 7. The molecule has 4 nitrogen and oxygen atoms in total. The van der Waals surface area contributed by atoms with Gasteiger partial charge in [-0.05, 0) is 18.9 Å². The molecule has 1 aliphatic heterocycles. The summed E-state index contributed by atoms with van der Waals surface area (Å²) in [6.45, 7) is 22.4. The molecule has 0 spiro atoms. The molecule has 0 aromatic heterocycles. The second-order valence-corrected chi connectivity index (χ2v) is 14.5. The summed E-state index contributed by atoms with van der Waals surface area (Å²) >= 11 is 0. The van der Waals surface area contributed by atoms with E-state index in [1.165, 1.54) is 6.08 Å². The van der Waals surface area contributed by atoms with Gasteiger partial charge >= 0.3 is 0 Å². The van der Waals surface area contributed by atoms with Crippen LogP contribution in [-0.4, -0.2) is 48.5 Å². The Morgan fingerprint density at radius 2 is 1.67 bits per heavy atom. The van der Waals surface area contributed by atoms with Crippen molar-refractivity contribution in [3.63, 3.8) is 0 Å². The molecule has 1 heterocycles. The number of hydrogen-bond acceptors (Lipinski definition) is 4. The van der Waals surface area contributed by atoms with Gasteiger partial charge in [0.25, 0.3) is 0 Å². The molecule has 5 heteroatoms. The molecule has 1 rings (SSSR count). The lowest BCUT2D eigenvalue weighted by molar-refractivity contribution is -0.149. The molecule has 5 atom stereocenters. The van der Waals surface area contributed by atoms with Crippen LogP contribution < -0.4 is 0 Å². The van der Waals surface area contributed by atoms with Crippen molar-refractivity contribution in [2.45, 2.75) is 94.9 Å². The highest BCUT2D eigenvalue weighted by Gasteiger charge is 2.55. The van der Waals surface area contributed by atoms with Crippen molar-refractivity contribution in [1.29, 1.82) is 0 Å². The van der Waals surface area contributed by atoms with Gasteiger partial charge in [0, 0.05) is 12.0 Å². The van der Waals surface area contributed by atoms with Gasteiger partial charge in [-0.1, -0.05) is 46.0 Å². The zero-order chi connectivity index (χ0) is 18.9. The Morgan fingerprint density at radius 1 is 1.12 bits per heavy atom. The molecule has 0 saturated carbocycles. The maximum atomic E-state index is 10.8. The summed E-state index contributed by atoms with van der Waals surface area (Å²) in [5.74, 6) is -0.738. The minimum Gasteiger partial charge on any atom is -0.389 e. The fourth-order valence-electron chi connectivity index (χ4n) is 3.36. The molecule has 1 aliphatic rings. The number of aliphatic hydroxyl groups excluding tert-OH is 2. The molecule has 2 N–H and O–H groups in total. The van der Waals surface area contributed by atoms with Crippen molar-refractivity contribution in [2.24, 2.45) is 0 Å². The molecule has 0 aromatic carbocycles. The summed E-state index contributed by atoms with van der Waals surface area (Å²) < 4.78 is 12.3. The second kappa shape index (κ2) is 7.42. The number of aliphatic hydroxyl groups is 2. The predicted octanol–water partition coefficient (Wildman–Crippen LogP) is 3.87. The number of ether oxygens (including phenoxy) is 2. The van der Waals surface area contributed by atoms with Crippen molar-refractivity contribution < 1.29 is 19.7 Å². The van der Waals surface area contributed by atoms with Gasteiger partial charge in [0.1, 0.15) is 0 Å². The minimum atomic E-state index is -1.98. The highest BCUT2D eigenvalue weighted by molar-refractivity contribution is 6.81. The van der Waals surface area contributed by atoms with Crippen LogP contribution in [0.5, 0.6) is 0 Å². The van der Waals surface area contributed by atoms with Crippen molar-refractivity contribution in [1.82, 2.24) is 0 Å². The first-order chi connectivity index (χ1) is 10.8. The maximum absolute atomic E-state index is 10.8. The van der Waals surface area contributed by atoms with Crippen LogP contribution >= 0.6 is 0 Å². The Bertz CT molecular complexity index is 453. The molecule has 1 fully saturated rings. The lowest BCUT2D eigenvalue weighted by Gasteiger charge is -2.47. The van der Waals surface area contributed by atoms with E-state index in [9.17, 15) is 10.2 Å². The molecule has 0 amide bonds. The largest absolute Gasteiger partial charge is 0.389 e. The van der Waals surface area contributed by atoms with E-state index in [1.807, 2.05) is 13.8 Å². The fraction of sp³-hybridized carbons (Fsp3) is 0.789. The summed E-state index contributed by atoms with van der Waals surface area (Å²) in [5.41, 5.74) is -0.0845. The topological polar surface area (TPSA) is 58.9 Å². The van der Waals surface area contributed by atoms with E-state index in [0.717, 1.165) is 0 Å². The highest BCUT2D eigenvalue weighted by atomic mass is 28.3. The Balaban J connectivity index is 3.28. The van der Waals surface area contributed by atoms with E-state index < -0.39 is 26.1 Å². The normalized spacial score (nSPS) is 28.2. The summed E-state index contributed by atoms with van der Waals surface area (Å²) in [5, 5.41) is 20.8. The first-order valence-corrected chi connectivity index (χ1v) is 11.8. The smallest absolute Gasteiger partial charge is 0.163 e. The summed E-state index contributed by atoms with van der Waals surface area (Å²) in [6.07, 6.45) is 1.61. The van der Waals surface area contributed by atoms with Crippen molar-refractivity contribution in [3.05, 3.63) is 25.3 Å². The number of hydrogen-bond donors (Lipinski definition) is 2. The Kier molecular flexibility index (Phi) is 6.67. The third-order valence-electron chi connectivity index (χ3n) is 5.70. The van der Waals surface area contributed by atoms with E-state index in [4.69, 9.17) is 9.47 Å². The monoisotopic (exact) mass is 356 g/mol. The average molecular weight is 357 g/mol. The molecule has 2 unspecified atom stereocenters. The van der Waals surface area contributed by atoms with Gasteiger partial charge < -0.3 is 19.7 Å². The van der Waals surface area contributed by atoms with Crippen LogP contribution in [0.2, 0.25) is 23.7 Å². The fourth-order valence-corrected chi connectivity index (χ4v) is 6.46. The molecule has 0 radical (unpaired) electrons. The predicted molar refractivity (Wildman–Crippen MR) is 102 cm³/mol. The van der Waals surface area contributed by atoms with Crippen molar-refractivity contribution >= 4 is 8.07 Å². The van der Waals surface area contributed by atoms with Crippen LogP contribution in [-0.2, 0) is 9.47 Å². The van der Waals surface area contributed by atoms with Gasteiger partial charge in [-0.2, -0.15) is 0 Å². The van der Waals surface area contributed by atoms with Gasteiger partial charge in [-0.25, -0.2) is 0 Å². The van der Waals surface area contributed by atoms with Gasteiger partial charge in [0.05, 0.1) is 32.5 Å². The Labute approximate surface area is 148 Å². The van der Waals surface area contributed by atoms with E-state index >= 15 is 0 Å². The van der Waals surface area contributed by atoms with E-state index in [-0.39, 0.29) is 22.8 Å². The zero-order valence-electron chi connectivity index (χ0n) is 16.4. The summed E-state index contributed by atoms with van der Waals surface area (Å²) in [6, 6.07) is 0. The van der Waals surface area contributed by atoms with E-state index in [0.29, 0.717) is 6.42 Å². The van der Waals surface area contributed by atoms with E-state index in [1.54, 1.807) is 6.08 Å². The molecule has 1 saturated heterocycles. The average Bonchev–Trinajstić information content (AvgIpc) is 2.71. The third kappa shape index (κ3) is 4.58. The van der Waals surface area contributed by atoms with Crippen LogP contribution in [0.15, 0.2) is 25.3 Å². The maximum Gasteiger partial charge on any atom is 0.163 e. The van der Waals surface area contributed by atoms with Crippen LogP contribution in [0.3, 0.4) is 0 Å². The van der Waals surface area contributed by atoms with Gasteiger partial charge in [0.2, 0.25) is 0 Å². The summed E-state index contributed by atoms with van der Waals surface area (Å²) in [7, 11) is -1.98. The molecule has 0 bridgehead atoms. The first-order valence-electron chi connectivity index (χ1n) is 8.73. The van der Waals surface area contributed by atoms with Crippen molar-refractivity contribution in [3.8, 4) is 0 Å². The van der Waals surface area contributed by atoms with Gasteiger partial charge in [-0.15, -0.1) is 13.2 Å². The highest BCUT2D eigenvalue weighted by Crippen LogP contribution is 2.51. The van der Waals surface area contributed by atoms with Crippen LogP contribution in [0.4, 0.5) is 0 Å². The lowest BCUT2D eigenvalue weighted by atomic mass is 10.0. The van der Waals surface area contributed by atoms with Crippen LogP contribution in [0.1, 0.15) is 41.0 Å². The standard InChI is InChI=1S/C19H36O4Si/c1-10-13(20)12-15-16(23-19(6,7)22-15)17(14(21)11-2)24(8,9)18(3,4)5/h10-11,13-17,20-21H,1-2,12H2,3-9H3/t13?,14?,15-,16-,17-/m0/s1.